The van der Waals surface area contributed by atoms with E-state index in [-0.39, 0.29) is 11.3 Å². The van der Waals surface area contributed by atoms with Crippen LogP contribution in [0.5, 0.6) is 5.75 Å². The molecule has 5 nitrogen and oxygen atoms in total. The van der Waals surface area contributed by atoms with Crippen LogP contribution < -0.4 is 10.9 Å². The number of hydrogen-bond donors (Lipinski definition) is 2. The van der Waals surface area contributed by atoms with Gasteiger partial charge in [-0.05, 0) is 24.3 Å². The Kier molecular flexibility index (Phi) is 4.33. The van der Waals surface area contributed by atoms with Crippen LogP contribution in [0.1, 0.15) is 10.4 Å². The topological polar surface area (TPSA) is 71.3 Å². The van der Waals surface area contributed by atoms with Gasteiger partial charge in [0, 0.05) is 11.1 Å². The van der Waals surface area contributed by atoms with E-state index >= 15 is 0 Å². The van der Waals surface area contributed by atoms with E-state index in [9.17, 15) is 14.7 Å². The summed E-state index contributed by atoms with van der Waals surface area (Å²) in [5.74, 6) is -0.914. The standard InChI is InChI=1S/C17H13IN2O3/c18-10-20-13-9-5-4-8-12(13)15(21)14(17(20)23)16(22)19-11-6-2-1-3-7-11/h1-9,21H,10H2,(H,19,22). The normalized spacial score (nSPS) is 10.7. The van der Waals surface area contributed by atoms with Crippen molar-refractivity contribution in [2.24, 2.45) is 0 Å². The van der Waals surface area contributed by atoms with E-state index in [0.29, 0.717) is 21.1 Å². The zero-order valence-corrected chi connectivity index (χ0v) is 14.1. The third-order valence-corrected chi connectivity index (χ3v) is 4.21. The highest BCUT2D eigenvalue weighted by Gasteiger charge is 2.21. The Morgan fingerprint density at radius 3 is 2.43 bits per heavy atom. The highest BCUT2D eigenvalue weighted by molar-refractivity contribution is 14.1. The summed E-state index contributed by atoms with van der Waals surface area (Å²) < 4.78 is 1.85. The summed E-state index contributed by atoms with van der Waals surface area (Å²) in [5.41, 5.74) is 0.402. The molecule has 0 saturated carbocycles. The second-order valence-corrected chi connectivity index (χ2v) is 5.60. The molecule has 0 bridgehead atoms. The molecule has 3 rings (SSSR count). The van der Waals surface area contributed by atoms with E-state index in [1.807, 2.05) is 6.07 Å². The molecule has 2 N–H and O–H groups in total. The van der Waals surface area contributed by atoms with Crippen molar-refractivity contribution in [1.29, 1.82) is 0 Å². The number of benzene rings is 2. The number of fused-ring (bicyclic) bond motifs is 1. The lowest BCUT2D eigenvalue weighted by Crippen LogP contribution is -2.29. The zero-order chi connectivity index (χ0) is 16.4. The third kappa shape index (κ3) is 2.81. The molecule has 23 heavy (non-hydrogen) atoms. The van der Waals surface area contributed by atoms with Gasteiger partial charge in [0.05, 0.1) is 10.1 Å². The average Bonchev–Trinajstić information content (AvgIpc) is 2.56. The summed E-state index contributed by atoms with van der Waals surface area (Å²) >= 11 is 2.05. The van der Waals surface area contributed by atoms with Gasteiger partial charge >= 0.3 is 0 Å². The molecule has 0 unspecified atom stereocenters. The molecule has 0 fully saturated rings. The van der Waals surface area contributed by atoms with Gasteiger partial charge in [0.1, 0.15) is 11.3 Å². The molecule has 0 atom stereocenters. The molecule has 1 amide bonds. The van der Waals surface area contributed by atoms with Crippen LogP contribution in [0, 0.1) is 0 Å². The first-order chi connectivity index (χ1) is 11.1. The first-order valence-electron chi connectivity index (χ1n) is 6.90. The molecule has 2 aromatic carbocycles. The Morgan fingerprint density at radius 1 is 1.09 bits per heavy atom. The Labute approximate surface area is 145 Å². The van der Waals surface area contributed by atoms with Gasteiger partial charge in [0.25, 0.3) is 11.5 Å². The molecular weight excluding hydrogens is 407 g/mol. The predicted molar refractivity (Wildman–Crippen MR) is 98.3 cm³/mol. The molecule has 0 aliphatic heterocycles. The number of carbonyl (C=O) groups excluding carboxylic acids is 1. The van der Waals surface area contributed by atoms with Gasteiger partial charge in [-0.3, -0.25) is 14.2 Å². The quantitative estimate of drug-likeness (QED) is 0.505. The number of halogens is 1. The maximum Gasteiger partial charge on any atom is 0.268 e. The van der Waals surface area contributed by atoms with Gasteiger partial charge < -0.3 is 10.4 Å². The van der Waals surface area contributed by atoms with Crippen LogP contribution in [-0.4, -0.2) is 15.6 Å². The molecule has 0 spiro atoms. The second-order valence-electron chi connectivity index (χ2n) is 4.91. The number of amides is 1. The maximum absolute atomic E-state index is 12.6. The molecule has 6 heteroatoms. The van der Waals surface area contributed by atoms with E-state index in [2.05, 4.69) is 27.9 Å². The summed E-state index contributed by atoms with van der Waals surface area (Å²) in [5, 5.41) is 13.5. The Bertz CT molecular complexity index is 936. The van der Waals surface area contributed by atoms with E-state index in [0.717, 1.165) is 0 Å². The van der Waals surface area contributed by atoms with Crippen molar-refractivity contribution in [1.82, 2.24) is 4.57 Å². The molecule has 1 heterocycles. The first kappa shape index (κ1) is 15.5. The lowest BCUT2D eigenvalue weighted by atomic mass is 10.1. The number of aromatic hydroxyl groups is 1. The lowest BCUT2D eigenvalue weighted by Gasteiger charge is -2.13. The van der Waals surface area contributed by atoms with E-state index in [1.165, 1.54) is 4.57 Å². The SMILES string of the molecule is O=C(Nc1ccccc1)c1c(O)c2ccccc2n(CI)c1=O. The number of carbonyl (C=O) groups is 1. The average molecular weight is 420 g/mol. The van der Waals surface area contributed by atoms with Crippen molar-refractivity contribution in [2.45, 2.75) is 4.55 Å². The molecular formula is C17H13IN2O3. The monoisotopic (exact) mass is 420 g/mol. The van der Waals surface area contributed by atoms with Crippen LogP contribution in [0.25, 0.3) is 10.9 Å². The van der Waals surface area contributed by atoms with Crippen LogP contribution in [-0.2, 0) is 4.55 Å². The van der Waals surface area contributed by atoms with Crippen LogP contribution in [0.15, 0.2) is 59.4 Å². The number of rotatable bonds is 3. The van der Waals surface area contributed by atoms with E-state index in [4.69, 9.17) is 0 Å². The maximum atomic E-state index is 12.6. The number of aromatic nitrogens is 1. The summed E-state index contributed by atoms with van der Waals surface area (Å²) in [6.45, 7) is 0. The van der Waals surface area contributed by atoms with Crippen LogP contribution in [0.3, 0.4) is 0 Å². The molecule has 3 aromatic rings. The van der Waals surface area contributed by atoms with Crippen molar-refractivity contribution in [2.75, 3.05) is 5.32 Å². The second kappa shape index (κ2) is 6.41. The smallest absolute Gasteiger partial charge is 0.268 e. The minimum Gasteiger partial charge on any atom is -0.506 e. The van der Waals surface area contributed by atoms with Crippen LogP contribution >= 0.6 is 22.6 Å². The number of nitrogens with one attached hydrogen (secondary N) is 1. The fraction of sp³-hybridized carbons (Fsp3) is 0.0588. The van der Waals surface area contributed by atoms with Gasteiger partial charge in [-0.1, -0.05) is 52.9 Å². The summed E-state index contributed by atoms with van der Waals surface area (Å²) in [4.78, 5) is 25.1. The van der Waals surface area contributed by atoms with Crippen molar-refractivity contribution in [3.63, 3.8) is 0 Å². The molecule has 0 radical (unpaired) electrons. The summed E-state index contributed by atoms with van der Waals surface area (Å²) in [6, 6.07) is 15.8. The zero-order valence-electron chi connectivity index (χ0n) is 12.0. The van der Waals surface area contributed by atoms with Crippen molar-refractivity contribution in [3.8, 4) is 5.75 Å². The Morgan fingerprint density at radius 2 is 1.74 bits per heavy atom. The first-order valence-corrected chi connectivity index (χ1v) is 8.43. The third-order valence-electron chi connectivity index (χ3n) is 3.52. The Hall–Kier alpha value is -2.35. The van der Waals surface area contributed by atoms with Crippen molar-refractivity contribution < 1.29 is 9.90 Å². The largest absolute Gasteiger partial charge is 0.506 e. The van der Waals surface area contributed by atoms with E-state index in [1.54, 1.807) is 48.5 Å². The number of nitrogens with zero attached hydrogens (tertiary/aromatic N) is 1. The van der Waals surface area contributed by atoms with Gasteiger partial charge in [-0.15, -0.1) is 0 Å². The van der Waals surface area contributed by atoms with Gasteiger partial charge in [-0.2, -0.15) is 0 Å². The van der Waals surface area contributed by atoms with Crippen molar-refractivity contribution >= 4 is 45.1 Å². The van der Waals surface area contributed by atoms with Gasteiger partial charge in [0.15, 0.2) is 0 Å². The van der Waals surface area contributed by atoms with Crippen LogP contribution in [0.2, 0.25) is 0 Å². The van der Waals surface area contributed by atoms with Gasteiger partial charge in [0.2, 0.25) is 0 Å². The number of alkyl halides is 1. The number of anilines is 1. The fourth-order valence-electron chi connectivity index (χ4n) is 2.43. The van der Waals surface area contributed by atoms with Crippen LogP contribution in [0.4, 0.5) is 5.69 Å². The molecule has 1 aromatic heterocycles. The number of hydrogen-bond acceptors (Lipinski definition) is 3. The predicted octanol–water partition coefficient (Wildman–Crippen LogP) is 3.35. The highest BCUT2D eigenvalue weighted by atomic mass is 127. The van der Waals surface area contributed by atoms with Gasteiger partial charge in [-0.25, -0.2) is 0 Å². The Balaban J connectivity index is 2.17. The number of para-hydroxylation sites is 2. The highest BCUT2D eigenvalue weighted by Crippen LogP contribution is 2.27. The molecule has 0 aliphatic carbocycles. The number of pyridine rings is 1. The fourth-order valence-corrected chi connectivity index (χ4v) is 3.11. The molecule has 0 saturated heterocycles. The summed E-state index contributed by atoms with van der Waals surface area (Å²) in [6.07, 6.45) is 0. The molecule has 116 valence electrons. The van der Waals surface area contributed by atoms with E-state index < -0.39 is 11.5 Å². The lowest BCUT2D eigenvalue weighted by molar-refractivity contribution is 0.102. The minimum atomic E-state index is -0.622. The summed E-state index contributed by atoms with van der Waals surface area (Å²) in [7, 11) is 0. The minimum absolute atomic E-state index is 0.246. The van der Waals surface area contributed by atoms with Crippen molar-refractivity contribution in [3.05, 3.63) is 70.5 Å². The molecule has 0 aliphatic rings.